The van der Waals surface area contributed by atoms with Gasteiger partial charge in [0.05, 0.1) is 6.42 Å². The van der Waals surface area contributed by atoms with Crippen LogP contribution in [0.3, 0.4) is 0 Å². The van der Waals surface area contributed by atoms with Gasteiger partial charge in [0.25, 0.3) is 0 Å². The highest BCUT2D eigenvalue weighted by molar-refractivity contribution is 8.05. The smallest absolute Gasteiger partial charge is 0.322 e. The summed E-state index contributed by atoms with van der Waals surface area (Å²) in [6.45, 7) is 0.0156. The largest absolute Gasteiger partial charge is 0.480 e. The van der Waals surface area contributed by atoms with Crippen molar-refractivity contribution in [1.82, 2.24) is 10.2 Å². The highest BCUT2D eigenvalue weighted by Gasteiger charge is 2.58. The van der Waals surface area contributed by atoms with Crippen LogP contribution in [0.25, 0.3) is 0 Å². The van der Waals surface area contributed by atoms with Gasteiger partial charge >= 0.3 is 5.97 Å². The Hall–Kier alpha value is -2.78. The van der Waals surface area contributed by atoms with E-state index in [2.05, 4.69) is 5.32 Å². The molecule has 0 aliphatic carbocycles. The molecule has 160 valence electrons. The Morgan fingerprint density at radius 1 is 1.19 bits per heavy atom. The zero-order valence-electron chi connectivity index (χ0n) is 16.4. The van der Waals surface area contributed by atoms with Crippen LogP contribution >= 0.6 is 23.5 Å². The Balaban J connectivity index is 1.44. The average molecular weight is 457 g/mol. The SMILES string of the molecule is O=Cc1ccccc1SC1(C(=O)O)CS[C@@H]2[C@H](NC(=O)Cc3ccccc3)C(=O)N2C1. The minimum absolute atomic E-state index is 0.0156. The summed E-state index contributed by atoms with van der Waals surface area (Å²) in [5.41, 5.74) is 1.27. The molecular weight excluding hydrogens is 436 g/mol. The molecule has 2 aliphatic rings. The van der Waals surface area contributed by atoms with Gasteiger partial charge in [-0.25, -0.2) is 0 Å². The van der Waals surface area contributed by atoms with E-state index in [1.54, 1.807) is 24.3 Å². The number of benzene rings is 2. The average Bonchev–Trinajstić information content (AvgIpc) is 2.78. The van der Waals surface area contributed by atoms with Crippen LogP contribution in [0.4, 0.5) is 0 Å². The third-order valence-electron chi connectivity index (χ3n) is 5.32. The molecule has 2 aromatic carbocycles. The second kappa shape index (κ2) is 8.76. The molecule has 2 aromatic rings. The Bertz CT molecular complexity index is 1030. The van der Waals surface area contributed by atoms with Crippen LogP contribution in [0.15, 0.2) is 59.5 Å². The number of nitrogens with zero attached hydrogens (tertiary/aromatic N) is 1. The van der Waals surface area contributed by atoms with Crippen molar-refractivity contribution in [2.45, 2.75) is 27.5 Å². The van der Waals surface area contributed by atoms with Gasteiger partial charge < -0.3 is 15.3 Å². The molecule has 0 radical (unpaired) electrons. The highest BCUT2D eigenvalue weighted by Crippen LogP contribution is 2.46. The predicted molar refractivity (Wildman–Crippen MR) is 118 cm³/mol. The first-order valence-corrected chi connectivity index (χ1v) is 11.5. The molecule has 7 nitrogen and oxygen atoms in total. The molecule has 0 bridgehead atoms. The number of carbonyl (C=O) groups is 4. The van der Waals surface area contributed by atoms with Crippen molar-refractivity contribution in [3.8, 4) is 0 Å². The summed E-state index contributed by atoms with van der Waals surface area (Å²) < 4.78 is -1.27. The molecule has 0 spiro atoms. The third-order valence-corrected chi connectivity index (χ3v) is 8.46. The molecule has 2 N–H and O–H groups in total. The van der Waals surface area contributed by atoms with Gasteiger partial charge in [0, 0.05) is 22.8 Å². The number of thioether (sulfide) groups is 2. The number of carbonyl (C=O) groups excluding carboxylic acids is 3. The van der Waals surface area contributed by atoms with Crippen LogP contribution in [0.5, 0.6) is 0 Å². The van der Waals surface area contributed by atoms with Crippen LogP contribution in [-0.4, -0.2) is 62.5 Å². The minimum Gasteiger partial charge on any atom is -0.480 e. The number of nitrogens with one attached hydrogen (secondary N) is 1. The summed E-state index contributed by atoms with van der Waals surface area (Å²) in [7, 11) is 0. The number of hydrogen-bond acceptors (Lipinski definition) is 6. The van der Waals surface area contributed by atoms with E-state index in [1.165, 1.54) is 16.7 Å². The number of carboxylic acid groups (broad SMARTS) is 1. The van der Waals surface area contributed by atoms with Crippen LogP contribution in [-0.2, 0) is 20.8 Å². The van der Waals surface area contributed by atoms with E-state index in [9.17, 15) is 24.3 Å². The van der Waals surface area contributed by atoms with Crippen molar-refractivity contribution in [3.63, 3.8) is 0 Å². The number of aldehydes is 1. The fourth-order valence-electron chi connectivity index (χ4n) is 3.67. The van der Waals surface area contributed by atoms with Gasteiger partial charge in [0.15, 0.2) is 6.29 Å². The van der Waals surface area contributed by atoms with Crippen LogP contribution in [0.2, 0.25) is 0 Å². The molecule has 2 fully saturated rings. The third kappa shape index (κ3) is 4.20. The lowest BCUT2D eigenvalue weighted by atomic mass is 10.0. The molecule has 4 rings (SSSR count). The molecule has 2 saturated heterocycles. The topological polar surface area (TPSA) is 104 Å². The number of hydrogen-bond donors (Lipinski definition) is 2. The Labute approximate surface area is 187 Å². The van der Waals surface area contributed by atoms with Gasteiger partial charge in [0.1, 0.15) is 16.2 Å². The molecule has 2 amide bonds. The van der Waals surface area contributed by atoms with Gasteiger partial charge in [-0.1, -0.05) is 48.5 Å². The van der Waals surface area contributed by atoms with Crippen molar-refractivity contribution in [2.75, 3.05) is 12.3 Å². The van der Waals surface area contributed by atoms with E-state index >= 15 is 0 Å². The zero-order chi connectivity index (χ0) is 22.0. The molecule has 0 saturated carbocycles. The number of fused-ring (bicyclic) bond motifs is 1. The summed E-state index contributed by atoms with van der Waals surface area (Å²) >= 11 is 2.44. The molecule has 3 atom stereocenters. The first kappa shape index (κ1) is 21.5. The van der Waals surface area contributed by atoms with Gasteiger partial charge in [-0.3, -0.25) is 19.2 Å². The molecule has 9 heteroatoms. The van der Waals surface area contributed by atoms with Gasteiger partial charge in [-0.15, -0.1) is 23.5 Å². The van der Waals surface area contributed by atoms with Crippen LogP contribution in [0.1, 0.15) is 15.9 Å². The maximum absolute atomic E-state index is 12.7. The molecule has 0 aromatic heterocycles. The first-order chi connectivity index (χ1) is 14.9. The lowest BCUT2D eigenvalue weighted by Crippen LogP contribution is -2.74. The fourth-order valence-corrected chi connectivity index (χ4v) is 6.60. The molecule has 31 heavy (non-hydrogen) atoms. The fraction of sp³-hybridized carbons (Fsp3) is 0.273. The number of amides is 2. The van der Waals surface area contributed by atoms with E-state index in [1.807, 2.05) is 30.3 Å². The van der Waals surface area contributed by atoms with Crippen molar-refractivity contribution in [3.05, 3.63) is 65.7 Å². The predicted octanol–water partition coefficient (Wildman–Crippen LogP) is 2.06. The van der Waals surface area contributed by atoms with Crippen molar-refractivity contribution in [1.29, 1.82) is 0 Å². The summed E-state index contributed by atoms with van der Waals surface area (Å²) in [5.74, 6) is -1.31. The normalized spacial score (nSPS) is 24.6. The standard InChI is InChI=1S/C22H20N2O5S2/c25-11-15-8-4-5-9-16(15)31-22(21(28)29)12-24-19(27)18(20(24)30-13-22)23-17(26)10-14-6-2-1-3-7-14/h1-9,11,18,20H,10,12-13H2,(H,23,26)(H,28,29)/t18-,20-,22?/m1/s1. The number of rotatable bonds is 7. The number of carboxylic acids is 1. The second-order valence-electron chi connectivity index (χ2n) is 7.43. The Morgan fingerprint density at radius 3 is 2.61 bits per heavy atom. The maximum Gasteiger partial charge on any atom is 0.322 e. The monoisotopic (exact) mass is 456 g/mol. The lowest BCUT2D eigenvalue weighted by Gasteiger charge is -2.53. The van der Waals surface area contributed by atoms with Crippen LogP contribution < -0.4 is 5.32 Å². The Kier molecular flexibility index (Phi) is 6.06. The van der Waals surface area contributed by atoms with Crippen molar-refractivity contribution >= 4 is 47.6 Å². The van der Waals surface area contributed by atoms with Gasteiger partial charge in [0.2, 0.25) is 11.8 Å². The molecule has 1 unspecified atom stereocenters. The van der Waals surface area contributed by atoms with Gasteiger partial charge in [-0.05, 0) is 11.6 Å². The van der Waals surface area contributed by atoms with E-state index in [-0.39, 0.29) is 35.9 Å². The second-order valence-corrected chi connectivity index (χ2v) is 9.96. The zero-order valence-corrected chi connectivity index (χ0v) is 18.0. The number of aliphatic carboxylic acids is 1. The molecule has 2 heterocycles. The first-order valence-electron chi connectivity index (χ1n) is 9.65. The van der Waals surface area contributed by atoms with Crippen molar-refractivity contribution in [2.24, 2.45) is 0 Å². The van der Waals surface area contributed by atoms with Crippen molar-refractivity contribution < 1.29 is 24.3 Å². The summed E-state index contributed by atoms with van der Waals surface area (Å²) in [4.78, 5) is 50.7. The molecular formula is C22H20N2O5S2. The van der Waals surface area contributed by atoms with Gasteiger partial charge in [-0.2, -0.15) is 0 Å². The lowest BCUT2D eigenvalue weighted by molar-refractivity contribution is -0.152. The summed E-state index contributed by atoms with van der Waals surface area (Å²) in [5, 5.41) is 12.5. The summed E-state index contributed by atoms with van der Waals surface area (Å²) in [6.07, 6.45) is 0.878. The minimum atomic E-state index is -1.27. The highest BCUT2D eigenvalue weighted by atomic mass is 32.2. The number of β-lactam (4-membered cyclic amide) rings is 1. The van der Waals surface area contributed by atoms with E-state index < -0.39 is 16.8 Å². The van der Waals surface area contributed by atoms with E-state index in [0.717, 1.165) is 17.3 Å². The van der Waals surface area contributed by atoms with Crippen LogP contribution in [0, 0.1) is 0 Å². The Morgan fingerprint density at radius 2 is 1.90 bits per heavy atom. The van der Waals surface area contributed by atoms with E-state index in [0.29, 0.717) is 16.7 Å². The maximum atomic E-state index is 12.7. The van der Waals surface area contributed by atoms with E-state index in [4.69, 9.17) is 0 Å². The quantitative estimate of drug-likeness (QED) is 0.485. The molecule has 2 aliphatic heterocycles. The summed E-state index contributed by atoms with van der Waals surface area (Å²) in [6, 6.07) is 15.4.